The normalized spacial score (nSPS) is 26.1. The van der Waals surface area contributed by atoms with Crippen LogP contribution in [-0.4, -0.2) is 27.2 Å². The third kappa shape index (κ3) is 2.82. The number of aliphatic hydroxyl groups is 1. The van der Waals surface area contributed by atoms with Crippen molar-refractivity contribution in [3.05, 3.63) is 12.4 Å². The van der Waals surface area contributed by atoms with Crippen LogP contribution in [0, 0.1) is 0 Å². The topological polar surface area (TPSA) is 84.1 Å². The Balaban J connectivity index is 1.99. The molecule has 1 aromatic rings. The van der Waals surface area contributed by atoms with Gasteiger partial charge in [-0.05, 0) is 12.8 Å². The summed E-state index contributed by atoms with van der Waals surface area (Å²) in [6, 6.07) is 0.0837. The zero-order valence-electron chi connectivity index (χ0n) is 9.26. The van der Waals surface area contributed by atoms with Gasteiger partial charge in [0.05, 0.1) is 24.5 Å². The standard InChI is InChI=1S/C11H18N4O/c12-10-6-14-11(7-13-10)15-8-4-2-1-3-5-9(8)16/h6-9,16H,1-5H2,(H2,12,13)(H,14,15). The van der Waals surface area contributed by atoms with E-state index in [2.05, 4.69) is 15.3 Å². The van der Waals surface area contributed by atoms with Gasteiger partial charge in [-0.3, -0.25) is 0 Å². The molecular weight excluding hydrogens is 204 g/mol. The van der Waals surface area contributed by atoms with Crippen molar-refractivity contribution in [3.63, 3.8) is 0 Å². The number of hydrogen-bond acceptors (Lipinski definition) is 5. The van der Waals surface area contributed by atoms with E-state index < -0.39 is 0 Å². The first-order chi connectivity index (χ1) is 7.75. The van der Waals surface area contributed by atoms with Crippen LogP contribution in [0.2, 0.25) is 0 Å². The number of rotatable bonds is 2. The van der Waals surface area contributed by atoms with Crippen molar-refractivity contribution >= 4 is 11.6 Å². The number of aliphatic hydroxyl groups excluding tert-OH is 1. The Hall–Kier alpha value is -1.36. The molecule has 88 valence electrons. The Morgan fingerprint density at radius 2 is 2.00 bits per heavy atom. The zero-order chi connectivity index (χ0) is 11.4. The van der Waals surface area contributed by atoms with Crippen molar-refractivity contribution in [1.29, 1.82) is 0 Å². The highest BCUT2D eigenvalue weighted by Gasteiger charge is 2.21. The molecule has 0 spiro atoms. The number of nitrogens with two attached hydrogens (primary N) is 1. The van der Waals surface area contributed by atoms with E-state index in [0.717, 1.165) is 25.7 Å². The molecule has 0 bridgehead atoms. The van der Waals surface area contributed by atoms with Crippen molar-refractivity contribution < 1.29 is 5.11 Å². The lowest BCUT2D eigenvalue weighted by Gasteiger charge is -2.21. The molecule has 2 atom stereocenters. The molecule has 16 heavy (non-hydrogen) atoms. The third-order valence-electron chi connectivity index (χ3n) is 2.98. The number of nitrogen functional groups attached to an aromatic ring is 1. The van der Waals surface area contributed by atoms with Gasteiger partial charge in [0.15, 0.2) is 0 Å². The summed E-state index contributed by atoms with van der Waals surface area (Å²) >= 11 is 0. The van der Waals surface area contributed by atoms with Gasteiger partial charge < -0.3 is 16.2 Å². The van der Waals surface area contributed by atoms with Gasteiger partial charge in [-0.1, -0.05) is 19.3 Å². The molecular formula is C11H18N4O. The fourth-order valence-electron chi connectivity index (χ4n) is 2.06. The summed E-state index contributed by atoms with van der Waals surface area (Å²) in [6.07, 6.45) is 8.12. The van der Waals surface area contributed by atoms with E-state index >= 15 is 0 Å². The van der Waals surface area contributed by atoms with Gasteiger partial charge in [0.1, 0.15) is 11.6 Å². The molecule has 1 fully saturated rings. The van der Waals surface area contributed by atoms with Gasteiger partial charge in [0.2, 0.25) is 0 Å². The second-order valence-corrected chi connectivity index (χ2v) is 4.28. The van der Waals surface area contributed by atoms with E-state index in [0.29, 0.717) is 11.6 Å². The molecule has 0 aromatic carbocycles. The lowest BCUT2D eigenvalue weighted by atomic mass is 10.1. The Morgan fingerprint density at radius 3 is 2.75 bits per heavy atom. The molecule has 1 aliphatic rings. The highest BCUT2D eigenvalue weighted by atomic mass is 16.3. The fraction of sp³-hybridized carbons (Fsp3) is 0.636. The van der Waals surface area contributed by atoms with Crippen LogP contribution in [0.1, 0.15) is 32.1 Å². The van der Waals surface area contributed by atoms with Gasteiger partial charge in [0.25, 0.3) is 0 Å². The maximum Gasteiger partial charge on any atom is 0.144 e. The molecule has 5 heteroatoms. The van der Waals surface area contributed by atoms with Gasteiger partial charge in [-0.15, -0.1) is 0 Å². The minimum Gasteiger partial charge on any atom is -0.391 e. The van der Waals surface area contributed by atoms with E-state index in [1.165, 1.54) is 12.6 Å². The molecule has 2 unspecified atom stereocenters. The lowest BCUT2D eigenvalue weighted by molar-refractivity contribution is 0.144. The van der Waals surface area contributed by atoms with Gasteiger partial charge in [0, 0.05) is 0 Å². The van der Waals surface area contributed by atoms with Gasteiger partial charge in [-0.2, -0.15) is 0 Å². The van der Waals surface area contributed by atoms with Crippen molar-refractivity contribution in [3.8, 4) is 0 Å². The molecule has 5 nitrogen and oxygen atoms in total. The van der Waals surface area contributed by atoms with Crippen LogP contribution < -0.4 is 11.1 Å². The van der Waals surface area contributed by atoms with Crippen LogP contribution in [0.25, 0.3) is 0 Å². The maximum absolute atomic E-state index is 9.93. The predicted octanol–water partition coefficient (Wildman–Crippen LogP) is 1.16. The van der Waals surface area contributed by atoms with Crippen LogP contribution in [0.5, 0.6) is 0 Å². The van der Waals surface area contributed by atoms with Crippen LogP contribution in [0.15, 0.2) is 12.4 Å². The van der Waals surface area contributed by atoms with Crippen LogP contribution >= 0.6 is 0 Å². The van der Waals surface area contributed by atoms with E-state index in [-0.39, 0.29) is 12.1 Å². The second-order valence-electron chi connectivity index (χ2n) is 4.28. The number of hydrogen-bond donors (Lipinski definition) is 3. The van der Waals surface area contributed by atoms with Crippen LogP contribution in [0.3, 0.4) is 0 Å². The average molecular weight is 222 g/mol. The minimum absolute atomic E-state index is 0.0837. The number of anilines is 2. The quantitative estimate of drug-likeness (QED) is 0.654. The van der Waals surface area contributed by atoms with Gasteiger partial charge >= 0.3 is 0 Å². The Bertz CT molecular complexity index is 327. The Morgan fingerprint density at radius 1 is 1.19 bits per heavy atom. The second kappa shape index (κ2) is 5.12. The van der Waals surface area contributed by atoms with Crippen molar-refractivity contribution in [2.24, 2.45) is 0 Å². The summed E-state index contributed by atoms with van der Waals surface area (Å²) in [5.41, 5.74) is 5.46. The molecule has 2 rings (SSSR count). The smallest absolute Gasteiger partial charge is 0.144 e. The minimum atomic E-state index is -0.290. The van der Waals surface area contributed by atoms with E-state index in [4.69, 9.17) is 5.73 Å². The number of aromatic nitrogens is 2. The number of nitrogens with one attached hydrogen (secondary N) is 1. The van der Waals surface area contributed by atoms with Crippen molar-refractivity contribution in [2.75, 3.05) is 11.1 Å². The molecule has 4 N–H and O–H groups in total. The summed E-state index contributed by atoms with van der Waals surface area (Å²) in [5.74, 6) is 1.09. The monoisotopic (exact) mass is 222 g/mol. The number of nitrogens with zero attached hydrogens (tertiary/aromatic N) is 2. The molecule has 0 radical (unpaired) electrons. The summed E-state index contributed by atoms with van der Waals surface area (Å²) < 4.78 is 0. The first-order valence-electron chi connectivity index (χ1n) is 5.78. The zero-order valence-corrected chi connectivity index (χ0v) is 9.26. The van der Waals surface area contributed by atoms with Gasteiger partial charge in [-0.25, -0.2) is 9.97 Å². The highest BCUT2D eigenvalue weighted by molar-refractivity contribution is 5.37. The molecule has 0 aliphatic heterocycles. The van der Waals surface area contributed by atoms with Crippen LogP contribution in [-0.2, 0) is 0 Å². The van der Waals surface area contributed by atoms with E-state index in [1.54, 1.807) is 6.20 Å². The molecule has 0 amide bonds. The molecule has 1 aliphatic carbocycles. The van der Waals surface area contributed by atoms with Crippen molar-refractivity contribution in [2.45, 2.75) is 44.2 Å². The molecule has 1 aromatic heterocycles. The Labute approximate surface area is 95.1 Å². The van der Waals surface area contributed by atoms with Crippen molar-refractivity contribution in [1.82, 2.24) is 9.97 Å². The molecule has 0 saturated heterocycles. The van der Waals surface area contributed by atoms with Crippen LogP contribution in [0.4, 0.5) is 11.6 Å². The lowest BCUT2D eigenvalue weighted by Crippen LogP contribution is -2.32. The Kier molecular flexibility index (Phi) is 3.56. The fourth-order valence-corrected chi connectivity index (χ4v) is 2.06. The SMILES string of the molecule is Nc1cnc(NC2CCCCCC2O)cn1. The van der Waals surface area contributed by atoms with E-state index in [1.807, 2.05) is 0 Å². The largest absolute Gasteiger partial charge is 0.391 e. The summed E-state index contributed by atoms with van der Waals surface area (Å²) in [7, 11) is 0. The summed E-state index contributed by atoms with van der Waals surface area (Å²) in [6.45, 7) is 0. The highest BCUT2D eigenvalue weighted by Crippen LogP contribution is 2.20. The first kappa shape index (κ1) is 11.1. The third-order valence-corrected chi connectivity index (χ3v) is 2.98. The summed E-state index contributed by atoms with van der Waals surface area (Å²) in [5, 5.41) is 13.1. The van der Waals surface area contributed by atoms with E-state index in [9.17, 15) is 5.11 Å². The molecule has 1 saturated carbocycles. The first-order valence-corrected chi connectivity index (χ1v) is 5.78. The summed E-state index contributed by atoms with van der Waals surface area (Å²) in [4.78, 5) is 8.09. The predicted molar refractivity (Wildman–Crippen MR) is 62.9 cm³/mol. The molecule has 1 heterocycles. The maximum atomic E-state index is 9.93. The average Bonchev–Trinajstić information content (AvgIpc) is 2.48.